The van der Waals surface area contributed by atoms with Gasteiger partial charge in [-0.25, -0.2) is 0 Å². The summed E-state index contributed by atoms with van der Waals surface area (Å²) in [5.41, 5.74) is 3.11. The zero-order valence-electron chi connectivity index (χ0n) is 15.0. The Kier molecular flexibility index (Phi) is 5.52. The second-order valence-corrected chi connectivity index (χ2v) is 7.60. The molecular weight excluding hydrogens is 354 g/mol. The van der Waals surface area contributed by atoms with Crippen LogP contribution in [0, 0.1) is 11.3 Å². The van der Waals surface area contributed by atoms with Gasteiger partial charge in [0, 0.05) is 5.75 Å². The fourth-order valence-corrected chi connectivity index (χ4v) is 4.21. The Morgan fingerprint density at radius 3 is 2.59 bits per heavy atom. The number of nitriles is 1. The molecule has 27 heavy (non-hydrogen) atoms. The smallest absolute Gasteiger partial charge is 0.191 e. The molecule has 1 fully saturated rings. The van der Waals surface area contributed by atoms with E-state index in [0.29, 0.717) is 5.56 Å². The van der Waals surface area contributed by atoms with E-state index in [1.54, 1.807) is 11.8 Å². The van der Waals surface area contributed by atoms with E-state index >= 15 is 0 Å². The van der Waals surface area contributed by atoms with Crippen molar-refractivity contribution in [1.29, 1.82) is 5.26 Å². The molecule has 0 spiro atoms. The predicted octanol–water partition coefficient (Wildman–Crippen LogP) is 3.91. The van der Waals surface area contributed by atoms with Crippen LogP contribution in [0.15, 0.2) is 59.8 Å². The average Bonchev–Trinajstić information content (AvgIpc) is 3.38. The second-order valence-electron chi connectivity index (χ2n) is 6.66. The van der Waals surface area contributed by atoms with E-state index in [1.807, 2.05) is 30.3 Å². The molecule has 0 saturated carbocycles. The maximum Gasteiger partial charge on any atom is 0.191 e. The molecule has 0 bridgehead atoms. The van der Waals surface area contributed by atoms with Crippen LogP contribution in [0.4, 0.5) is 0 Å². The summed E-state index contributed by atoms with van der Waals surface area (Å²) >= 11 is 1.69. The Bertz CT molecular complexity index is 921. The lowest BCUT2D eigenvalue weighted by Gasteiger charge is -2.14. The molecule has 0 amide bonds. The highest BCUT2D eigenvalue weighted by atomic mass is 32.2. The van der Waals surface area contributed by atoms with E-state index in [1.165, 1.54) is 17.5 Å². The SMILES string of the molecule is N#Cc1ccc(CSc2nnc(C3CCCN3)n2Cc2ccccc2)cc1. The van der Waals surface area contributed by atoms with Crippen molar-refractivity contribution in [2.45, 2.75) is 36.3 Å². The lowest BCUT2D eigenvalue weighted by atomic mass is 10.2. The molecular formula is C21H21N5S. The fourth-order valence-electron chi connectivity index (χ4n) is 3.31. The summed E-state index contributed by atoms with van der Waals surface area (Å²) in [7, 11) is 0. The molecule has 1 unspecified atom stereocenters. The van der Waals surface area contributed by atoms with Crippen LogP contribution in [0.5, 0.6) is 0 Å². The van der Waals surface area contributed by atoms with E-state index in [-0.39, 0.29) is 6.04 Å². The molecule has 1 aromatic heterocycles. The molecule has 136 valence electrons. The van der Waals surface area contributed by atoms with E-state index in [2.05, 4.69) is 50.4 Å². The van der Waals surface area contributed by atoms with Crippen molar-refractivity contribution in [2.75, 3.05) is 6.54 Å². The van der Waals surface area contributed by atoms with Crippen molar-refractivity contribution < 1.29 is 0 Å². The van der Waals surface area contributed by atoms with E-state index in [9.17, 15) is 0 Å². The number of thioether (sulfide) groups is 1. The minimum Gasteiger partial charge on any atom is -0.307 e. The molecule has 1 N–H and O–H groups in total. The normalized spacial score (nSPS) is 16.3. The van der Waals surface area contributed by atoms with E-state index < -0.39 is 0 Å². The zero-order valence-corrected chi connectivity index (χ0v) is 15.8. The summed E-state index contributed by atoms with van der Waals surface area (Å²) < 4.78 is 2.24. The highest BCUT2D eigenvalue weighted by Gasteiger charge is 2.24. The zero-order chi connectivity index (χ0) is 18.5. The second kappa shape index (κ2) is 8.38. The highest BCUT2D eigenvalue weighted by molar-refractivity contribution is 7.98. The van der Waals surface area contributed by atoms with Crippen LogP contribution >= 0.6 is 11.8 Å². The molecule has 2 heterocycles. The van der Waals surface area contributed by atoms with Gasteiger partial charge in [0.2, 0.25) is 0 Å². The lowest BCUT2D eigenvalue weighted by molar-refractivity contribution is 0.550. The minimum atomic E-state index is 0.283. The fraction of sp³-hybridized carbons (Fsp3) is 0.286. The van der Waals surface area contributed by atoms with E-state index in [0.717, 1.165) is 36.2 Å². The number of nitrogens with zero attached hydrogens (tertiary/aromatic N) is 4. The standard InChI is InChI=1S/C21H21N5S/c22-13-16-8-10-18(11-9-16)15-27-21-25-24-20(19-7-4-12-23-19)26(21)14-17-5-2-1-3-6-17/h1-3,5-6,8-11,19,23H,4,7,12,14-15H2. The van der Waals surface area contributed by atoms with Crippen LogP contribution < -0.4 is 5.32 Å². The molecule has 3 aromatic rings. The Morgan fingerprint density at radius 2 is 1.89 bits per heavy atom. The van der Waals surface area contributed by atoms with Crippen molar-refractivity contribution in [3.8, 4) is 6.07 Å². The summed E-state index contributed by atoms with van der Waals surface area (Å²) in [6, 6.07) is 20.6. The minimum absolute atomic E-state index is 0.283. The summed E-state index contributed by atoms with van der Waals surface area (Å²) in [6.07, 6.45) is 2.28. The van der Waals surface area contributed by atoms with Crippen LogP contribution in [-0.2, 0) is 12.3 Å². The van der Waals surface area contributed by atoms with Gasteiger partial charge in [-0.05, 0) is 42.6 Å². The lowest BCUT2D eigenvalue weighted by Crippen LogP contribution is -2.19. The molecule has 5 nitrogen and oxygen atoms in total. The third-order valence-electron chi connectivity index (χ3n) is 4.75. The number of hydrogen-bond acceptors (Lipinski definition) is 5. The van der Waals surface area contributed by atoms with Gasteiger partial charge in [0.25, 0.3) is 0 Å². The van der Waals surface area contributed by atoms with E-state index in [4.69, 9.17) is 5.26 Å². The molecule has 1 atom stereocenters. The van der Waals surface area contributed by atoms with Gasteiger partial charge in [-0.1, -0.05) is 54.2 Å². The van der Waals surface area contributed by atoms with Gasteiger partial charge in [0.15, 0.2) is 11.0 Å². The number of aromatic nitrogens is 3. The Morgan fingerprint density at radius 1 is 1.07 bits per heavy atom. The molecule has 1 saturated heterocycles. The Balaban J connectivity index is 1.56. The maximum atomic E-state index is 8.94. The molecule has 1 aliphatic rings. The van der Waals surface area contributed by atoms with Gasteiger partial charge >= 0.3 is 0 Å². The van der Waals surface area contributed by atoms with Crippen molar-refractivity contribution in [3.63, 3.8) is 0 Å². The molecule has 1 aliphatic heterocycles. The monoisotopic (exact) mass is 375 g/mol. The maximum absolute atomic E-state index is 8.94. The van der Waals surface area contributed by atoms with Crippen molar-refractivity contribution >= 4 is 11.8 Å². The van der Waals surface area contributed by atoms with Crippen molar-refractivity contribution in [2.24, 2.45) is 0 Å². The first-order valence-corrected chi connectivity index (χ1v) is 10.1. The first-order chi connectivity index (χ1) is 13.3. The Labute approximate surface area is 163 Å². The third-order valence-corrected chi connectivity index (χ3v) is 5.79. The highest BCUT2D eigenvalue weighted by Crippen LogP contribution is 2.28. The van der Waals surface area contributed by atoms with Crippen LogP contribution in [0.1, 0.15) is 41.4 Å². The summed E-state index contributed by atoms with van der Waals surface area (Å²) in [4.78, 5) is 0. The van der Waals surface area contributed by atoms with Crippen LogP contribution in [0.25, 0.3) is 0 Å². The molecule has 0 aliphatic carbocycles. The molecule has 6 heteroatoms. The third kappa shape index (κ3) is 4.21. The van der Waals surface area contributed by atoms with Crippen molar-refractivity contribution in [1.82, 2.24) is 20.1 Å². The first kappa shape index (κ1) is 17.8. The quantitative estimate of drug-likeness (QED) is 0.662. The summed E-state index contributed by atoms with van der Waals surface area (Å²) in [5, 5.41) is 22.4. The molecule has 0 radical (unpaired) electrons. The van der Waals surface area contributed by atoms with Gasteiger partial charge < -0.3 is 9.88 Å². The largest absolute Gasteiger partial charge is 0.307 e. The van der Waals surface area contributed by atoms with Crippen LogP contribution in [-0.4, -0.2) is 21.3 Å². The number of benzene rings is 2. The number of hydrogen-bond donors (Lipinski definition) is 1. The van der Waals surface area contributed by atoms with Gasteiger partial charge in [-0.2, -0.15) is 5.26 Å². The topological polar surface area (TPSA) is 66.5 Å². The average molecular weight is 376 g/mol. The van der Waals surface area contributed by atoms with Crippen LogP contribution in [0.2, 0.25) is 0 Å². The van der Waals surface area contributed by atoms with Gasteiger partial charge in [0.05, 0.1) is 24.2 Å². The molecule has 2 aromatic carbocycles. The predicted molar refractivity (Wildman–Crippen MR) is 106 cm³/mol. The van der Waals surface area contributed by atoms with Crippen molar-refractivity contribution in [3.05, 3.63) is 77.1 Å². The van der Waals surface area contributed by atoms with Gasteiger partial charge in [-0.15, -0.1) is 10.2 Å². The molecule has 4 rings (SSSR count). The Hall–Kier alpha value is -2.62. The number of rotatable bonds is 6. The van der Waals surface area contributed by atoms with Crippen LogP contribution in [0.3, 0.4) is 0 Å². The van der Waals surface area contributed by atoms with Gasteiger partial charge in [-0.3, -0.25) is 0 Å². The first-order valence-electron chi connectivity index (χ1n) is 9.16. The van der Waals surface area contributed by atoms with Gasteiger partial charge in [0.1, 0.15) is 0 Å². The summed E-state index contributed by atoms with van der Waals surface area (Å²) in [5.74, 6) is 1.83. The number of nitrogens with one attached hydrogen (secondary N) is 1. The summed E-state index contributed by atoms with van der Waals surface area (Å²) in [6.45, 7) is 1.81.